The first kappa shape index (κ1) is 21.4. The largest absolute Gasteiger partial charge is 0.355 e. The van der Waals surface area contributed by atoms with E-state index in [1.54, 1.807) is 11.3 Å². The molecule has 1 aromatic carbocycles. The van der Waals surface area contributed by atoms with E-state index in [4.69, 9.17) is 0 Å². The minimum atomic E-state index is -0.372. The van der Waals surface area contributed by atoms with Crippen molar-refractivity contribution in [3.63, 3.8) is 0 Å². The van der Waals surface area contributed by atoms with E-state index in [1.807, 2.05) is 30.3 Å². The topological polar surface area (TPSA) is 49.4 Å². The van der Waals surface area contributed by atoms with Crippen LogP contribution in [-0.4, -0.2) is 29.3 Å². The number of thiophene rings is 1. The standard InChI is InChI=1S/C27H32N2O2S/c30-26(28-17-16-19-9-2-1-3-10-19)24-21-13-6-7-14-22(21)27(31)29(20-11-4-5-12-20)25(24)23-15-8-18-32-23/h6-9,13-15,18,20,24-25H,1-5,10-12,16-17H2,(H,28,30)/t24-,25-/m1/s1. The van der Waals surface area contributed by atoms with E-state index in [2.05, 4.69) is 27.7 Å². The van der Waals surface area contributed by atoms with E-state index in [0.717, 1.165) is 55.4 Å². The van der Waals surface area contributed by atoms with Crippen molar-refractivity contribution >= 4 is 23.2 Å². The molecule has 2 atom stereocenters. The molecule has 1 saturated carbocycles. The van der Waals surface area contributed by atoms with Crippen LogP contribution in [-0.2, 0) is 4.79 Å². The smallest absolute Gasteiger partial charge is 0.254 e. The first-order chi connectivity index (χ1) is 15.7. The zero-order chi connectivity index (χ0) is 21.9. The highest BCUT2D eigenvalue weighted by molar-refractivity contribution is 7.10. The fourth-order valence-electron chi connectivity index (χ4n) is 5.77. The van der Waals surface area contributed by atoms with E-state index >= 15 is 0 Å². The SMILES string of the molecule is O=C(NCCC1=CCCCC1)[C@@H]1c2ccccc2C(=O)N(C2CCCC2)[C@@H]1c1cccs1. The number of rotatable bonds is 6. The zero-order valence-corrected chi connectivity index (χ0v) is 19.4. The fourth-order valence-corrected chi connectivity index (χ4v) is 6.63. The van der Waals surface area contributed by atoms with Crippen molar-refractivity contribution in [2.75, 3.05) is 6.54 Å². The molecule has 2 amide bonds. The lowest BCUT2D eigenvalue weighted by Crippen LogP contribution is -2.50. The third kappa shape index (κ3) is 4.15. The van der Waals surface area contributed by atoms with Gasteiger partial charge in [-0.05, 0) is 68.0 Å². The van der Waals surface area contributed by atoms with E-state index in [0.29, 0.717) is 12.1 Å². The van der Waals surface area contributed by atoms with Gasteiger partial charge >= 0.3 is 0 Å². The molecule has 32 heavy (non-hydrogen) atoms. The molecule has 0 saturated heterocycles. The van der Waals surface area contributed by atoms with Crippen molar-refractivity contribution in [3.8, 4) is 0 Å². The van der Waals surface area contributed by atoms with E-state index in [1.165, 1.54) is 18.4 Å². The molecule has 2 heterocycles. The second-order valence-corrected chi connectivity index (χ2v) is 10.3. The molecule has 0 spiro atoms. The van der Waals surface area contributed by atoms with Crippen LogP contribution in [0.4, 0.5) is 0 Å². The van der Waals surface area contributed by atoms with Gasteiger partial charge in [-0.1, -0.05) is 48.8 Å². The fraction of sp³-hybridized carbons (Fsp3) is 0.481. The van der Waals surface area contributed by atoms with Gasteiger partial charge in [0.15, 0.2) is 0 Å². The molecule has 5 heteroatoms. The Bertz CT molecular complexity index is 991. The minimum Gasteiger partial charge on any atom is -0.355 e. The van der Waals surface area contributed by atoms with Gasteiger partial charge in [0.05, 0.1) is 12.0 Å². The van der Waals surface area contributed by atoms with E-state index in [9.17, 15) is 9.59 Å². The minimum absolute atomic E-state index is 0.0442. The number of carbonyl (C=O) groups excluding carboxylic acids is 2. The number of allylic oxidation sites excluding steroid dienone is 1. The van der Waals surface area contributed by atoms with Crippen LogP contribution in [0.5, 0.6) is 0 Å². The molecule has 1 fully saturated rings. The quantitative estimate of drug-likeness (QED) is 0.553. The first-order valence-electron chi connectivity index (χ1n) is 12.1. The first-order valence-corrected chi connectivity index (χ1v) is 13.0. The summed E-state index contributed by atoms with van der Waals surface area (Å²) in [7, 11) is 0. The number of nitrogens with zero attached hydrogens (tertiary/aromatic N) is 1. The molecule has 3 aliphatic rings. The number of amides is 2. The summed E-state index contributed by atoms with van der Waals surface area (Å²) in [5.41, 5.74) is 3.04. The van der Waals surface area contributed by atoms with Gasteiger partial charge in [0.25, 0.3) is 5.91 Å². The van der Waals surface area contributed by atoms with Crippen molar-refractivity contribution in [2.45, 2.75) is 75.8 Å². The molecule has 2 aliphatic carbocycles. The number of hydrogen-bond donors (Lipinski definition) is 1. The molecular weight excluding hydrogens is 416 g/mol. The summed E-state index contributed by atoms with van der Waals surface area (Å²) in [5.74, 6) is -0.242. The molecule has 0 unspecified atom stereocenters. The van der Waals surface area contributed by atoms with Crippen LogP contribution < -0.4 is 5.32 Å². The van der Waals surface area contributed by atoms with Crippen LogP contribution in [0, 0.1) is 0 Å². The Morgan fingerprint density at radius 1 is 1.06 bits per heavy atom. The van der Waals surface area contributed by atoms with Crippen molar-refractivity contribution in [2.24, 2.45) is 0 Å². The van der Waals surface area contributed by atoms with Gasteiger partial charge in [-0.2, -0.15) is 0 Å². The van der Waals surface area contributed by atoms with Crippen LogP contribution in [0.3, 0.4) is 0 Å². The Morgan fingerprint density at radius 3 is 2.66 bits per heavy atom. The summed E-state index contributed by atoms with van der Waals surface area (Å²) in [6.07, 6.45) is 12.5. The lowest BCUT2D eigenvalue weighted by molar-refractivity contribution is -0.124. The van der Waals surface area contributed by atoms with Crippen LogP contribution in [0.2, 0.25) is 0 Å². The number of carbonyl (C=O) groups is 2. The molecule has 5 rings (SSSR count). The zero-order valence-electron chi connectivity index (χ0n) is 18.6. The third-order valence-electron chi connectivity index (χ3n) is 7.34. The van der Waals surface area contributed by atoms with Gasteiger partial charge < -0.3 is 10.2 Å². The highest BCUT2D eigenvalue weighted by atomic mass is 32.1. The Morgan fingerprint density at radius 2 is 1.91 bits per heavy atom. The molecule has 2 aromatic rings. The van der Waals surface area contributed by atoms with Gasteiger partial charge in [0.1, 0.15) is 0 Å². The molecule has 1 aliphatic heterocycles. The highest BCUT2D eigenvalue weighted by Crippen LogP contribution is 2.47. The van der Waals surface area contributed by atoms with Crippen LogP contribution in [0.1, 0.15) is 90.5 Å². The highest BCUT2D eigenvalue weighted by Gasteiger charge is 2.47. The van der Waals surface area contributed by atoms with Crippen LogP contribution >= 0.6 is 11.3 Å². The van der Waals surface area contributed by atoms with Gasteiger partial charge in [-0.25, -0.2) is 0 Å². The van der Waals surface area contributed by atoms with E-state index in [-0.39, 0.29) is 29.8 Å². The second kappa shape index (κ2) is 9.62. The summed E-state index contributed by atoms with van der Waals surface area (Å²) in [6, 6.07) is 11.9. The number of hydrogen-bond acceptors (Lipinski definition) is 3. The maximum absolute atomic E-state index is 13.7. The average molecular weight is 449 g/mol. The summed E-state index contributed by atoms with van der Waals surface area (Å²) < 4.78 is 0. The molecule has 1 aromatic heterocycles. The number of nitrogens with one attached hydrogen (secondary N) is 1. The van der Waals surface area contributed by atoms with E-state index < -0.39 is 0 Å². The Kier molecular flexibility index (Phi) is 6.44. The van der Waals surface area contributed by atoms with Crippen LogP contribution in [0.15, 0.2) is 53.4 Å². The van der Waals surface area contributed by atoms with Gasteiger partial charge in [0.2, 0.25) is 5.91 Å². The predicted molar refractivity (Wildman–Crippen MR) is 129 cm³/mol. The maximum atomic E-state index is 13.7. The monoisotopic (exact) mass is 448 g/mol. The second-order valence-electron chi connectivity index (χ2n) is 9.33. The lowest BCUT2D eigenvalue weighted by Gasteiger charge is -2.44. The van der Waals surface area contributed by atoms with Crippen LogP contribution in [0.25, 0.3) is 0 Å². The Balaban J connectivity index is 1.47. The van der Waals surface area contributed by atoms with Gasteiger partial charge in [0, 0.05) is 23.0 Å². The molecule has 0 bridgehead atoms. The predicted octanol–water partition coefficient (Wildman–Crippen LogP) is 5.98. The van der Waals surface area contributed by atoms with Crippen molar-refractivity contribution in [1.29, 1.82) is 0 Å². The van der Waals surface area contributed by atoms with Crippen molar-refractivity contribution in [1.82, 2.24) is 10.2 Å². The Labute approximate surface area is 194 Å². The molecular formula is C27H32N2O2S. The number of benzene rings is 1. The molecule has 0 radical (unpaired) electrons. The average Bonchev–Trinajstić information content (AvgIpc) is 3.54. The summed E-state index contributed by atoms with van der Waals surface area (Å²) in [4.78, 5) is 30.6. The summed E-state index contributed by atoms with van der Waals surface area (Å²) in [5, 5.41) is 5.30. The maximum Gasteiger partial charge on any atom is 0.254 e. The van der Waals surface area contributed by atoms with Gasteiger partial charge in [-0.15, -0.1) is 11.3 Å². The molecule has 168 valence electrons. The summed E-state index contributed by atoms with van der Waals surface area (Å²) >= 11 is 1.65. The van der Waals surface area contributed by atoms with Crippen molar-refractivity contribution in [3.05, 3.63) is 69.4 Å². The molecule has 1 N–H and O–H groups in total. The normalized spacial score (nSPS) is 23.7. The third-order valence-corrected chi connectivity index (χ3v) is 8.28. The number of fused-ring (bicyclic) bond motifs is 1. The van der Waals surface area contributed by atoms with Gasteiger partial charge in [-0.3, -0.25) is 9.59 Å². The Hall–Kier alpha value is -2.40. The summed E-state index contributed by atoms with van der Waals surface area (Å²) in [6.45, 7) is 0.665. The lowest BCUT2D eigenvalue weighted by atomic mass is 9.80. The molecule has 4 nitrogen and oxygen atoms in total. The van der Waals surface area contributed by atoms with Crippen molar-refractivity contribution < 1.29 is 9.59 Å².